The van der Waals surface area contributed by atoms with Crippen molar-refractivity contribution >= 4 is 11.8 Å². The van der Waals surface area contributed by atoms with Gasteiger partial charge in [0.1, 0.15) is 0 Å². The molecular formula is C16H22N2O2. The molecule has 0 aromatic heterocycles. The molecule has 108 valence electrons. The van der Waals surface area contributed by atoms with E-state index in [1.165, 1.54) is 0 Å². The van der Waals surface area contributed by atoms with Crippen molar-refractivity contribution in [1.82, 2.24) is 10.2 Å². The highest BCUT2D eigenvalue weighted by Crippen LogP contribution is 2.21. The summed E-state index contributed by atoms with van der Waals surface area (Å²) in [4.78, 5) is 25.4. The highest BCUT2D eigenvalue weighted by Gasteiger charge is 2.22. The Morgan fingerprint density at radius 2 is 2.10 bits per heavy atom. The van der Waals surface area contributed by atoms with Gasteiger partial charge < -0.3 is 10.2 Å². The van der Waals surface area contributed by atoms with E-state index >= 15 is 0 Å². The molecule has 1 aromatic carbocycles. The van der Waals surface area contributed by atoms with Crippen LogP contribution in [-0.4, -0.2) is 36.3 Å². The maximum atomic E-state index is 12.4. The van der Waals surface area contributed by atoms with Crippen molar-refractivity contribution in [3.8, 4) is 0 Å². The molecule has 0 bridgehead atoms. The third-order valence-electron chi connectivity index (χ3n) is 3.23. The number of hydrogen-bond donors (Lipinski definition) is 1. The molecule has 0 spiro atoms. The number of benzene rings is 1. The molecule has 1 aromatic rings. The van der Waals surface area contributed by atoms with E-state index in [0.29, 0.717) is 18.7 Å². The molecule has 4 heteroatoms. The van der Waals surface area contributed by atoms with Gasteiger partial charge in [0.15, 0.2) is 0 Å². The van der Waals surface area contributed by atoms with Gasteiger partial charge in [-0.15, -0.1) is 0 Å². The van der Waals surface area contributed by atoms with Crippen LogP contribution >= 0.6 is 0 Å². The summed E-state index contributed by atoms with van der Waals surface area (Å²) in [6.45, 7) is 7.80. The van der Waals surface area contributed by atoms with Crippen LogP contribution in [0.1, 0.15) is 36.7 Å². The van der Waals surface area contributed by atoms with E-state index < -0.39 is 0 Å². The minimum atomic E-state index is -0.0875. The van der Waals surface area contributed by atoms with Crippen LogP contribution < -0.4 is 5.32 Å². The first kappa shape index (κ1) is 14.6. The molecule has 4 nitrogen and oxygen atoms in total. The Hall–Kier alpha value is -1.84. The molecule has 1 fully saturated rings. The summed E-state index contributed by atoms with van der Waals surface area (Å²) in [7, 11) is 0. The zero-order valence-electron chi connectivity index (χ0n) is 12.4. The van der Waals surface area contributed by atoms with Crippen molar-refractivity contribution in [1.29, 1.82) is 0 Å². The molecule has 1 aliphatic heterocycles. The van der Waals surface area contributed by atoms with Gasteiger partial charge in [-0.1, -0.05) is 32.9 Å². The molecule has 2 rings (SSSR count). The molecule has 20 heavy (non-hydrogen) atoms. The van der Waals surface area contributed by atoms with Crippen LogP contribution in [0.4, 0.5) is 0 Å². The zero-order valence-corrected chi connectivity index (χ0v) is 12.4. The maximum Gasteiger partial charge on any atom is 0.254 e. The van der Waals surface area contributed by atoms with Crippen molar-refractivity contribution < 1.29 is 9.59 Å². The van der Waals surface area contributed by atoms with E-state index in [1.807, 2.05) is 24.3 Å². The first-order valence-corrected chi connectivity index (χ1v) is 7.00. The van der Waals surface area contributed by atoms with E-state index in [4.69, 9.17) is 0 Å². The number of piperazine rings is 1. The first-order chi connectivity index (χ1) is 9.35. The molecule has 0 atom stereocenters. The molecule has 1 aliphatic rings. The van der Waals surface area contributed by atoms with E-state index in [2.05, 4.69) is 26.1 Å². The van der Waals surface area contributed by atoms with Crippen LogP contribution in [0.3, 0.4) is 0 Å². The van der Waals surface area contributed by atoms with Gasteiger partial charge in [0.25, 0.3) is 5.91 Å². The summed E-state index contributed by atoms with van der Waals surface area (Å²) in [5.74, 6) is -0.147. The summed E-state index contributed by atoms with van der Waals surface area (Å²) < 4.78 is 0. The SMILES string of the molecule is CC(C)(C)Cc1cccc(C(=O)N2CCNC(=O)C2)c1. The van der Waals surface area contributed by atoms with Gasteiger partial charge in [-0.25, -0.2) is 0 Å². The Morgan fingerprint density at radius 3 is 2.75 bits per heavy atom. The Kier molecular flexibility index (Phi) is 4.12. The summed E-state index contributed by atoms with van der Waals surface area (Å²) in [5.41, 5.74) is 2.01. The average Bonchev–Trinajstić information content (AvgIpc) is 2.36. The Morgan fingerprint density at radius 1 is 1.35 bits per heavy atom. The second-order valence-electron chi connectivity index (χ2n) is 6.51. The van der Waals surface area contributed by atoms with Crippen molar-refractivity contribution in [2.45, 2.75) is 27.2 Å². The van der Waals surface area contributed by atoms with E-state index in [-0.39, 0.29) is 23.8 Å². The second kappa shape index (κ2) is 5.65. The van der Waals surface area contributed by atoms with Crippen molar-refractivity contribution in [3.05, 3.63) is 35.4 Å². The Labute approximate surface area is 120 Å². The molecule has 0 saturated carbocycles. The number of hydrogen-bond acceptors (Lipinski definition) is 2. The Balaban J connectivity index is 2.14. The lowest BCUT2D eigenvalue weighted by molar-refractivity contribution is -0.123. The third-order valence-corrected chi connectivity index (χ3v) is 3.23. The van der Waals surface area contributed by atoms with Gasteiger partial charge in [-0.05, 0) is 29.5 Å². The van der Waals surface area contributed by atoms with Gasteiger partial charge in [0, 0.05) is 18.7 Å². The van der Waals surface area contributed by atoms with Crippen LogP contribution in [0.25, 0.3) is 0 Å². The van der Waals surface area contributed by atoms with Gasteiger partial charge in [-0.2, -0.15) is 0 Å². The largest absolute Gasteiger partial charge is 0.353 e. The molecule has 0 aliphatic carbocycles. The lowest BCUT2D eigenvalue weighted by Crippen LogP contribution is -2.49. The van der Waals surface area contributed by atoms with Crippen molar-refractivity contribution in [3.63, 3.8) is 0 Å². The summed E-state index contributed by atoms with van der Waals surface area (Å²) in [6, 6.07) is 7.73. The minimum Gasteiger partial charge on any atom is -0.353 e. The van der Waals surface area contributed by atoms with Crippen LogP contribution in [0, 0.1) is 5.41 Å². The van der Waals surface area contributed by atoms with Crippen LogP contribution in [0.15, 0.2) is 24.3 Å². The molecule has 1 N–H and O–H groups in total. The molecule has 1 saturated heterocycles. The molecule has 2 amide bonds. The third kappa shape index (κ3) is 3.83. The number of nitrogens with one attached hydrogen (secondary N) is 1. The number of nitrogens with zero attached hydrogens (tertiary/aromatic N) is 1. The fourth-order valence-electron chi connectivity index (χ4n) is 2.42. The maximum absolute atomic E-state index is 12.4. The minimum absolute atomic E-state index is 0.0596. The number of rotatable bonds is 2. The highest BCUT2D eigenvalue weighted by atomic mass is 16.2. The van der Waals surface area contributed by atoms with Gasteiger partial charge >= 0.3 is 0 Å². The monoisotopic (exact) mass is 274 g/mol. The zero-order chi connectivity index (χ0) is 14.8. The average molecular weight is 274 g/mol. The molecular weight excluding hydrogens is 252 g/mol. The first-order valence-electron chi connectivity index (χ1n) is 7.00. The smallest absolute Gasteiger partial charge is 0.254 e. The van der Waals surface area contributed by atoms with Crippen molar-refractivity contribution in [2.75, 3.05) is 19.6 Å². The Bertz CT molecular complexity index is 517. The molecule has 1 heterocycles. The van der Waals surface area contributed by atoms with E-state index in [1.54, 1.807) is 4.90 Å². The summed E-state index contributed by atoms with van der Waals surface area (Å²) >= 11 is 0. The summed E-state index contributed by atoms with van der Waals surface area (Å²) in [5, 5.41) is 2.73. The van der Waals surface area contributed by atoms with Crippen LogP contribution in [-0.2, 0) is 11.2 Å². The fourth-order valence-corrected chi connectivity index (χ4v) is 2.42. The predicted molar refractivity (Wildman–Crippen MR) is 78.5 cm³/mol. The lowest BCUT2D eigenvalue weighted by atomic mass is 9.87. The van der Waals surface area contributed by atoms with E-state index in [0.717, 1.165) is 12.0 Å². The lowest BCUT2D eigenvalue weighted by Gasteiger charge is -2.27. The quantitative estimate of drug-likeness (QED) is 0.894. The van der Waals surface area contributed by atoms with Crippen LogP contribution in [0.5, 0.6) is 0 Å². The number of amides is 2. The van der Waals surface area contributed by atoms with Crippen LogP contribution in [0.2, 0.25) is 0 Å². The predicted octanol–water partition coefficient (Wildman–Crippen LogP) is 1.85. The van der Waals surface area contributed by atoms with Gasteiger partial charge in [-0.3, -0.25) is 9.59 Å². The normalized spacial score (nSPS) is 15.9. The van der Waals surface area contributed by atoms with Crippen molar-refractivity contribution in [2.24, 2.45) is 5.41 Å². The summed E-state index contributed by atoms with van der Waals surface area (Å²) in [6.07, 6.45) is 0.925. The van der Waals surface area contributed by atoms with E-state index in [9.17, 15) is 9.59 Å². The van der Waals surface area contributed by atoms with Gasteiger partial charge in [0.2, 0.25) is 5.91 Å². The topological polar surface area (TPSA) is 49.4 Å². The fraction of sp³-hybridized carbons (Fsp3) is 0.500. The molecule has 0 radical (unpaired) electrons. The molecule has 0 unspecified atom stereocenters. The number of carbonyl (C=O) groups is 2. The number of carbonyl (C=O) groups excluding carboxylic acids is 2. The van der Waals surface area contributed by atoms with Gasteiger partial charge in [0.05, 0.1) is 6.54 Å². The second-order valence-corrected chi connectivity index (χ2v) is 6.51. The standard InChI is InChI=1S/C16H22N2O2/c1-16(2,3)10-12-5-4-6-13(9-12)15(20)18-8-7-17-14(19)11-18/h4-6,9H,7-8,10-11H2,1-3H3,(H,17,19). The highest BCUT2D eigenvalue weighted by molar-refractivity contribution is 5.97.